The molecule has 1 fully saturated rings. The predicted octanol–water partition coefficient (Wildman–Crippen LogP) is 1.05. The molecule has 0 atom stereocenters. The number of hydrogen-bond donors (Lipinski definition) is 0. The first kappa shape index (κ1) is 21.7. The summed E-state index contributed by atoms with van der Waals surface area (Å²) in [5.74, 6) is 1.20. The van der Waals surface area contributed by atoms with Gasteiger partial charge in [0.25, 0.3) is 0 Å². The lowest BCUT2D eigenvalue weighted by Gasteiger charge is -2.34. The fraction of sp³-hybridized carbons (Fsp3) is 0.550. The molecule has 0 saturated carbocycles. The zero-order chi connectivity index (χ0) is 21.3. The van der Waals surface area contributed by atoms with Crippen LogP contribution in [0.1, 0.15) is 32.5 Å². The third-order valence-electron chi connectivity index (χ3n) is 4.86. The van der Waals surface area contributed by atoms with Crippen molar-refractivity contribution in [3.05, 3.63) is 30.1 Å². The third-order valence-corrected chi connectivity index (χ3v) is 4.86. The van der Waals surface area contributed by atoms with Crippen LogP contribution in [0.2, 0.25) is 0 Å². The summed E-state index contributed by atoms with van der Waals surface area (Å²) < 4.78 is 12.1. The van der Waals surface area contributed by atoms with Crippen molar-refractivity contribution in [2.75, 3.05) is 39.4 Å². The van der Waals surface area contributed by atoms with Gasteiger partial charge in [-0.15, -0.1) is 5.10 Å². The van der Waals surface area contributed by atoms with Gasteiger partial charge in [0.15, 0.2) is 5.82 Å². The first-order valence-corrected chi connectivity index (χ1v) is 10.3. The minimum Gasteiger partial charge on any atom is -0.494 e. The predicted molar refractivity (Wildman–Crippen MR) is 108 cm³/mol. The Bertz CT molecular complexity index is 830. The molecule has 1 amide bonds. The summed E-state index contributed by atoms with van der Waals surface area (Å²) in [7, 11) is 0. The topological polar surface area (TPSA) is 103 Å². The van der Waals surface area contributed by atoms with E-state index in [-0.39, 0.29) is 24.7 Å². The molecule has 2 heterocycles. The molecule has 0 bridgehead atoms. The normalized spacial score (nSPS) is 14.5. The van der Waals surface area contributed by atoms with E-state index in [1.165, 1.54) is 0 Å². The average Bonchev–Trinajstić information content (AvgIpc) is 3.21. The van der Waals surface area contributed by atoms with E-state index in [4.69, 9.17) is 9.47 Å². The van der Waals surface area contributed by atoms with Crippen LogP contribution in [0.3, 0.4) is 0 Å². The summed E-state index contributed by atoms with van der Waals surface area (Å²) in [6, 6.07) is 7.63. The van der Waals surface area contributed by atoms with Gasteiger partial charge in [0.2, 0.25) is 5.91 Å². The van der Waals surface area contributed by atoms with Crippen LogP contribution in [0.15, 0.2) is 24.3 Å². The zero-order valence-corrected chi connectivity index (χ0v) is 17.5. The van der Waals surface area contributed by atoms with E-state index in [0.717, 1.165) is 30.4 Å². The number of aromatic nitrogens is 4. The summed E-state index contributed by atoms with van der Waals surface area (Å²) in [4.78, 5) is 27.7. The van der Waals surface area contributed by atoms with Crippen LogP contribution >= 0.6 is 0 Å². The van der Waals surface area contributed by atoms with Gasteiger partial charge in [-0.3, -0.25) is 14.5 Å². The molecule has 0 radical (unpaired) electrons. The fourth-order valence-electron chi connectivity index (χ4n) is 3.31. The number of esters is 1. The summed E-state index contributed by atoms with van der Waals surface area (Å²) in [5.41, 5.74) is 0.867. The van der Waals surface area contributed by atoms with Gasteiger partial charge in [-0.25, -0.2) is 0 Å². The maximum absolute atomic E-state index is 12.3. The Hall–Kier alpha value is -3.01. The van der Waals surface area contributed by atoms with E-state index < -0.39 is 0 Å². The average molecular weight is 416 g/mol. The first-order chi connectivity index (χ1) is 14.6. The summed E-state index contributed by atoms with van der Waals surface area (Å²) >= 11 is 0. The standard InChI is InChI=1S/C20H28N6O4/c1-3-29-17-7-5-16(6-8-17)26-18(21-22-23-26)15-24-11-13-25(14-12-24)19(27)9-10-20(28)30-4-2/h5-8H,3-4,9-15H2,1-2H3. The summed E-state index contributed by atoms with van der Waals surface area (Å²) in [5, 5.41) is 12.1. The van der Waals surface area contributed by atoms with Crippen molar-refractivity contribution < 1.29 is 19.1 Å². The number of carbonyl (C=O) groups excluding carboxylic acids is 2. The van der Waals surface area contributed by atoms with E-state index in [0.29, 0.717) is 32.8 Å². The number of carbonyl (C=O) groups is 2. The van der Waals surface area contributed by atoms with E-state index in [1.54, 1.807) is 16.5 Å². The highest BCUT2D eigenvalue weighted by atomic mass is 16.5. The van der Waals surface area contributed by atoms with Crippen molar-refractivity contribution in [3.63, 3.8) is 0 Å². The number of ether oxygens (including phenoxy) is 2. The molecule has 0 unspecified atom stereocenters. The van der Waals surface area contributed by atoms with Crippen LogP contribution in [-0.2, 0) is 20.9 Å². The summed E-state index contributed by atoms with van der Waals surface area (Å²) in [6.45, 7) is 7.92. The van der Waals surface area contributed by atoms with Gasteiger partial charge < -0.3 is 14.4 Å². The van der Waals surface area contributed by atoms with Crippen molar-refractivity contribution in [2.24, 2.45) is 0 Å². The molecule has 1 saturated heterocycles. The van der Waals surface area contributed by atoms with Crippen LogP contribution in [0.5, 0.6) is 5.75 Å². The smallest absolute Gasteiger partial charge is 0.306 e. The number of rotatable bonds is 9. The van der Waals surface area contributed by atoms with Crippen molar-refractivity contribution in [1.29, 1.82) is 0 Å². The van der Waals surface area contributed by atoms with Crippen LogP contribution in [0.25, 0.3) is 5.69 Å². The molecule has 0 aliphatic carbocycles. The van der Waals surface area contributed by atoms with Crippen LogP contribution < -0.4 is 4.74 Å². The molecule has 2 aromatic rings. The molecule has 1 aliphatic heterocycles. The molecule has 1 aliphatic rings. The number of piperazine rings is 1. The Kier molecular flexibility index (Phi) is 7.72. The molecule has 10 nitrogen and oxygen atoms in total. The second kappa shape index (κ2) is 10.7. The van der Waals surface area contributed by atoms with Crippen molar-refractivity contribution >= 4 is 11.9 Å². The molecule has 0 spiro atoms. The number of nitrogens with zero attached hydrogens (tertiary/aromatic N) is 6. The second-order valence-corrected chi connectivity index (χ2v) is 6.90. The Balaban J connectivity index is 1.50. The molecular weight excluding hydrogens is 388 g/mol. The molecule has 30 heavy (non-hydrogen) atoms. The van der Waals surface area contributed by atoms with Crippen molar-refractivity contribution in [3.8, 4) is 11.4 Å². The van der Waals surface area contributed by atoms with Crippen molar-refractivity contribution in [2.45, 2.75) is 33.2 Å². The molecule has 1 aromatic heterocycles. The van der Waals surface area contributed by atoms with E-state index in [2.05, 4.69) is 20.4 Å². The molecule has 10 heteroatoms. The SMILES string of the molecule is CCOC(=O)CCC(=O)N1CCN(Cc2nnnn2-c2ccc(OCC)cc2)CC1. The maximum atomic E-state index is 12.3. The van der Waals surface area contributed by atoms with Gasteiger partial charge in [0, 0.05) is 32.6 Å². The minimum absolute atomic E-state index is 0.0121. The van der Waals surface area contributed by atoms with Gasteiger partial charge >= 0.3 is 5.97 Å². The maximum Gasteiger partial charge on any atom is 0.306 e. The highest BCUT2D eigenvalue weighted by Gasteiger charge is 2.23. The van der Waals surface area contributed by atoms with E-state index >= 15 is 0 Å². The van der Waals surface area contributed by atoms with Crippen LogP contribution in [0, 0.1) is 0 Å². The Morgan fingerprint density at radius 2 is 1.73 bits per heavy atom. The quantitative estimate of drug-likeness (QED) is 0.559. The second-order valence-electron chi connectivity index (χ2n) is 6.90. The monoisotopic (exact) mass is 416 g/mol. The molecular formula is C20H28N6O4. The number of benzene rings is 1. The van der Waals surface area contributed by atoms with Gasteiger partial charge in [0.05, 0.1) is 31.9 Å². The fourth-order valence-corrected chi connectivity index (χ4v) is 3.31. The van der Waals surface area contributed by atoms with E-state index in [1.807, 2.05) is 31.2 Å². The van der Waals surface area contributed by atoms with Gasteiger partial charge in [-0.2, -0.15) is 4.68 Å². The Labute approximate surface area is 175 Å². The summed E-state index contributed by atoms with van der Waals surface area (Å²) in [6.07, 6.45) is 0.318. The van der Waals surface area contributed by atoms with Crippen LogP contribution in [0.4, 0.5) is 0 Å². The van der Waals surface area contributed by atoms with Crippen LogP contribution in [-0.4, -0.2) is 81.3 Å². The number of hydrogen-bond acceptors (Lipinski definition) is 8. The van der Waals surface area contributed by atoms with Gasteiger partial charge in [0.1, 0.15) is 5.75 Å². The largest absolute Gasteiger partial charge is 0.494 e. The van der Waals surface area contributed by atoms with Gasteiger partial charge in [-0.1, -0.05) is 0 Å². The molecule has 1 aromatic carbocycles. The molecule has 3 rings (SSSR count). The minimum atomic E-state index is -0.328. The zero-order valence-electron chi connectivity index (χ0n) is 17.5. The molecule has 162 valence electrons. The Morgan fingerprint density at radius 3 is 2.40 bits per heavy atom. The lowest BCUT2D eigenvalue weighted by atomic mass is 10.2. The van der Waals surface area contributed by atoms with E-state index in [9.17, 15) is 9.59 Å². The van der Waals surface area contributed by atoms with Crippen molar-refractivity contribution in [1.82, 2.24) is 30.0 Å². The molecule has 0 N–H and O–H groups in total. The third kappa shape index (κ3) is 5.76. The first-order valence-electron chi connectivity index (χ1n) is 10.3. The number of tetrazole rings is 1. The highest BCUT2D eigenvalue weighted by molar-refractivity contribution is 5.81. The Morgan fingerprint density at radius 1 is 1.00 bits per heavy atom. The lowest BCUT2D eigenvalue weighted by Crippen LogP contribution is -2.48. The lowest BCUT2D eigenvalue weighted by molar-refractivity contribution is -0.146. The number of amides is 1. The van der Waals surface area contributed by atoms with Gasteiger partial charge in [-0.05, 0) is 48.5 Å². The highest BCUT2D eigenvalue weighted by Crippen LogP contribution is 2.16.